The summed E-state index contributed by atoms with van der Waals surface area (Å²) in [6, 6.07) is 4.27. The van der Waals surface area contributed by atoms with E-state index in [0.717, 1.165) is 29.8 Å². The number of hydrogen-bond donors (Lipinski definition) is 1. The Kier molecular flexibility index (Phi) is 4.23. The van der Waals surface area contributed by atoms with Crippen LogP contribution in [0.1, 0.15) is 41.8 Å². The topological polar surface area (TPSA) is 49.4 Å². The maximum atomic E-state index is 12.1. The zero-order chi connectivity index (χ0) is 14.9. The minimum absolute atomic E-state index is 0.372. The van der Waals surface area contributed by atoms with Gasteiger partial charge in [-0.1, -0.05) is 19.9 Å². The van der Waals surface area contributed by atoms with E-state index in [-0.39, 0.29) is 5.78 Å². The highest BCUT2D eigenvalue weighted by Gasteiger charge is 2.36. The monoisotopic (exact) mass is 274 g/mol. The van der Waals surface area contributed by atoms with Gasteiger partial charge in [0.15, 0.2) is 0 Å². The molecule has 1 aromatic rings. The molecule has 1 aromatic carbocycles. The van der Waals surface area contributed by atoms with Crippen LogP contribution in [0.2, 0.25) is 0 Å². The molecular formula is C16H22N2O2. The van der Waals surface area contributed by atoms with Crippen LogP contribution in [0.3, 0.4) is 0 Å². The van der Waals surface area contributed by atoms with Crippen molar-refractivity contribution in [2.24, 2.45) is 0 Å². The van der Waals surface area contributed by atoms with E-state index in [4.69, 9.17) is 0 Å². The van der Waals surface area contributed by atoms with E-state index in [0.29, 0.717) is 18.2 Å². The van der Waals surface area contributed by atoms with Crippen LogP contribution in [-0.2, 0) is 4.79 Å². The quantitative estimate of drug-likeness (QED) is 0.661. The van der Waals surface area contributed by atoms with Crippen LogP contribution in [0.25, 0.3) is 0 Å². The van der Waals surface area contributed by atoms with Gasteiger partial charge in [-0.3, -0.25) is 9.59 Å². The minimum Gasteiger partial charge on any atom is -0.314 e. The van der Waals surface area contributed by atoms with Gasteiger partial charge in [0, 0.05) is 12.6 Å². The summed E-state index contributed by atoms with van der Waals surface area (Å²) < 4.78 is 0. The molecule has 1 amide bonds. The largest absolute Gasteiger partial charge is 0.314 e. The number of hydrogen-bond acceptors (Lipinski definition) is 3. The van der Waals surface area contributed by atoms with Crippen LogP contribution in [0.5, 0.6) is 0 Å². The summed E-state index contributed by atoms with van der Waals surface area (Å²) >= 11 is 0. The number of rotatable bonds is 5. The van der Waals surface area contributed by atoms with E-state index in [2.05, 4.69) is 19.2 Å². The first-order valence-electron chi connectivity index (χ1n) is 7.12. The second-order valence-electron chi connectivity index (χ2n) is 5.73. The Balaban J connectivity index is 2.16. The lowest BCUT2D eigenvalue weighted by molar-refractivity contribution is -0.114. The molecule has 0 fully saturated rings. The lowest BCUT2D eigenvalue weighted by atomic mass is 10.0. The van der Waals surface area contributed by atoms with E-state index in [1.807, 2.05) is 26.0 Å². The van der Waals surface area contributed by atoms with Crippen molar-refractivity contribution in [3.63, 3.8) is 0 Å². The van der Waals surface area contributed by atoms with Crippen LogP contribution in [-0.4, -0.2) is 30.8 Å². The number of ketones is 1. The average Bonchev–Trinajstić information content (AvgIpc) is 2.59. The number of benzene rings is 1. The number of amides is 1. The lowest BCUT2D eigenvalue weighted by Gasteiger charge is -2.19. The van der Waals surface area contributed by atoms with Gasteiger partial charge in [0.25, 0.3) is 11.7 Å². The van der Waals surface area contributed by atoms with Crippen molar-refractivity contribution in [2.75, 3.05) is 18.0 Å². The maximum absolute atomic E-state index is 12.1. The summed E-state index contributed by atoms with van der Waals surface area (Å²) in [6.45, 7) is 9.51. The summed E-state index contributed by atoms with van der Waals surface area (Å²) in [6.07, 6.45) is 0.837. The Hall–Kier alpha value is -1.68. The van der Waals surface area contributed by atoms with E-state index in [1.54, 1.807) is 4.90 Å². The number of nitrogens with one attached hydrogen (secondary N) is 1. The molecule has 1 aliphatic rings. The van der Waals surface area contributed by atoms with Crippen LogP contribution >= 0.6 is 0 Å². The standard InChI is InChI=1S/C16H22N2O2/c1-10(2)17-6-5-7-18-14-12(4)8-11(3)9-13(14)15(19)16(18)20/h8-10,17H,5-7H2,1-4H3. The van der Waals surface area contributed by atoms with Gasteiger partial charge in [-0.15, -0.1) is 0 Å². The van der Waals surface area contributed by atoms with Crippen molar-refractivity contribution in [3.8, 4) is 0 Å². The number of aryl methyl sites for hydroxylation is 2. The van der Waals surface area contributed by atoms with E-state index < -0.39 is 5.91 Å². The first-order valence-corrected chi connectivity index (χ1v) is 7.12. The molecular weight excluding hydrogens is 252 g/mol. The third-order valence-corrected chi connectivity index (χ3v) is 3.51. The van der Waals surface area contributed by atoms with Gasteiger partial charge in [0.1, 0.15) is 0 Å². The fourth-order valence-electron chi connectivity index (χ4n) is 2.67. The van der Waals surface area contributed by atoms with E-state index >= 15 is 0 Å². The summed E-state index contributed by atoms with van der Waals surface area (Å²) in [4.78, 5) is 25.8. The van der Waals surface area contributed by atoms with Crippen LogP contribution in [0.4, 0.5) is 5.69 Å². The molecule has 0 aromatic heterocycles. The van der Waals surface area contributed by atoms with Crippen molar-refractivity contribution in [1.82, 2.24) is 5.32 Å². The molecule has 0 bridgehead atoms. The Bertz CT molecular complexity index is 550. The molecule has 2 rings (SSSR count). The molecule has 1 heterocycles. The highest BCUT2D eigenvalue weighted by atomic mass is 16.2. The number of carbonyl (C=O) groups is 2. The molecule has 4 nitrogen and oxygen atoms in total. The molecule has 1 aliphatic heterocycles. The zero-order valence-electron chi connectivity index (χ0n) is 12.6. The van der Waals surface area contributed by atoms with Gasteiger partial charge in [-0.2, -0.15) is 0 Å². The highest BCUT2D eigenvalue weighted by Crippen LogP contribution is 2.33. The van der Waals surface area contributed by atoms with Gasteiger partial charge in [0.2, 0.25) is 0 Å². The van der Waals surface area contributed by atoms with Crippen molar-refractivity contribution in [3.05, 3.63) is 28.8 Å². The molecule has 0 saturated heterocycles. The second kappa shape index (κ2) is 5.75. The molecule has 0 spiro atoms. The lowest BCUT2D eigenvalue weighted by Crippen LogP contribution is -2.33. The first-order chi connectivity index (χ1) is 9.41. The molecule has 0 unspecified atom stereocenters. The second-order valence-corrected chi connectivity index (χ2v) is 5.73. The summed E-state index contributed by atoms with van der Waals surface area (Å²) in [5, 5.41) is 3.32. The third kappa shape index (κ3) is 2.75. The average molecular weight is 274 g/mol. The zero-order valence-corrected chi connectivity index (χ0v) is 12.6. The van der Waals surface area contributed by atoms with Crippen LogP contribution in [0.15, 0.2) is 12.1 Å². The Labute approximate surface area is 120 Å². The SMILES string of the molecule is Cc1cc(C)c2c(c1)C(=O)C(=O)N2CCCNC(C)C. The summed E-state index contributed by atoms with van der Waals surface area (Å²) in [5.41, 5.74) is 3.38. The van der Waals surface area contributed by atoms with Crippen molar-refractivity contribution in [1.29, 1.82) is 0 Å². The molecule has 1 N–H and O–H groups in total. The highest BCUT2D eigenvalue weighted by molar-refractivity contribution is 6.52. The van der Waals surface area contributed by atoms with Crippen LogP contribution in [0, 0.1) is 13.8 Å². The predicted molar refractivity (Wildman–Crippen MR) is 80.4 cm³/mol. The first kappa shape index (κ1) is 14.7. The molecule has 20 heavy (non-hydrogen) atoms. The van der Waals surface area contributed by atoms with Crippen molar-refractivity contribution in [2.45, 2.75) is 40.2 Å². The number of anilines is 1. The maximum Gasteiger partial charge on any atom is 0.299 e. The van der Waals surface area contributed by atoms with Gasteiger partial charge < -0.3 is 10.2 Å². The molecule has 4 heteroatoms. The van der Waals surface area contributed by atoms with E-state index in [1.165, 1.54) is 0 Å². The summed E-state index contributed by atoms with van der Waals surface area (Å²) in [7, 11) is 0. The molecule has 0 atom stereocenters. The van der Waals surface area contributed by atoms with Gasteiger partial charge in [-0.25, -0.2) is 0 Å². The van der Waals surface area contributed by atoms with E-state index in [9.17, 15) is 9.59 Å². The molecule has 108 valence electrons. The molecule has 0 saturated carbocycles. The van der Waals surface area contributed by atoms with Gasteiger partial charge >= 0.3 is 0 Å². The fraction of sp³-hybridized carbons (Fsp3) is 0.500. The van der Waals surface area contributed by atoms with Crippen LogP contribution < -0.4 is 10.2 Å². The van der Waals surface area contributed by atoms with Gasteiger partial charge in [0.05, 0.1) is 11.3 Å². The third-order valence-electron chi connectivity index (χ3n) is 3.51. The fourth-order valence-corrected chi connectivity index (χ4v) is 2.67. The molecule has 0 aliphatic carbocycles. The minimum atomic E-state index is -0.391. The number of carbonyl (C=O) groups excluding carboxylic acids is 2. The predicted octanol–water partition coefficient (Wildman–Crippen LogP) is 2.22. The van der Waals surface area contributed by atoms with Gasteiger partial charge in [-0.05, 0) is 44.0 Å². The Morgan fingerprint density at radius 2 is 1.90 bits per heavy atom. The summed E-state index contributed by atoms with van der Waals surface area (Å²) in [5.74, 6) is -0.762. The van der Waals surface area contributed by atoms with Crippen molar-refractivity contribution < 1.29 is 9.59 Å². The number of nitrogens with zero attached hydrogens (tertiary/aromatic N) is 1. The number of Topliss-reactive ketones (excluding diaryl/α,β-unsaturated/α-hetero) is 1. The Morgan fingerprint density at radius 1 is 1.20 bits per heavy atom. The van der Waals surface area contributed by atoms with Crippen molar-refractivity contribution >= 4 is 17.4 Å². The smallest absolute Gasteiger partial charge is 0.299 e. The Morgan fingerprint density at radius 3 is 2.55 bits per heavy atom. The molecule has 0 radical (unpaired) electrons. The normalized spacial score (nSPS) is 14.3. The number of fused-ring (bicyclic) bond motifs is 1.